The number of hydrogen-bond acceptors (Lipinski definition) is 6. The molecule has 5 atom stereocenters. The maximum atomic E-state index is 13.5. The molecule has 5 unspecified atom stereocenters. The van der Waals surface area contributed by atoms with Gasteiger partial charge in [0.1, 0.15) is 0 Å². The van der Waals surface area contributed by atoms with Gasteiger partial charge in [0.25, 0.3) is 0 Å². The van der Waals surface area contributed by atoms with Gasteiger partial charge in [-0.1, -0.05) is 85.5 Å². The summed E-state index contributed by atoms with van der Waals surface area (Å²) in [7, 11) is 0. The molecule has 0 N–H and O–H groups in total. The second-order valence-corrected chi connectivity index (χ2v) is 14.0. The summed E-state index contributed by atoms with van der Waals surface area (Å²) >= 11 is 7.27. The quantitative estimate of drug-likeness (QED) is 0.0895. The fraction of sp³-hybridized carbons (Fsp3) is 0.286. The lowest BCUT2D eigenvalue weighted by Gasteiger charge is -2.29. The Kier molecular flexibility index (Phi) is 8.28. The zero-order chi connectivity index (χ0) is 31.3. The normalized spacial score (nSPS) is 22.2. The number of esters is 1. The number of benzene rings is 3. The first-order chi connectivity index (χ1) is 21.0. The molecule has 1 aliphatic carbocycles. The van der Waals surface area contributed by atoms with Gasteiger partial charge in [0.15, 0.2) is 6.10 Å². The first-order valence-corrected chi connectivity index (χ1v) is 16.3. The largest absolute Gasteiger partial charge is 0.451 e. The van der Waals surface area contributed by atoms with Gasteiger partial charge in [0.2, 0.25) is 17.6 Å². The van der Waals surface area contributed by atoms with Gasteiger partial charge >= 0.3 is 5.97 Å². The fourth-order valence-corrected chi connectivity index (χ4v) is 7.25. The van der Waals surface area contributed by atoms with Crippen LogP contribution >= 0.6 is 31.9 Å². The number of ether oxygens (including phenoxy) is 1. The van der Waals surface area contributed by atoms with Gasteiger partial charge in [0.05, 0.1) is 34.3 Å². The van der Waals surface area contributed by atoms with Crippen molar-refractivity contribution >= 4 is 72.0 Å². The molecule has 1 aromatic heterocycles. The summed E-state index contributed by atoms with van der Waals surface area (Å²) in [5, 5.41) is 0.622. The molecule has 0 radical (unpaired) electrons. The van der Waals surface area contributed by atoms with E-state index in [0.717, 1.165) is 11.1 Å². The number of hydrogen-bond donors (Lipinski definition) is 0. The van der Waals surface area contributed by atoms with Crippen molar-refractivity contribution < 1.29 is 23.9 Å². The minimum Gasteiger partial charge on any atom is -0.451 e. The van der Waals surface area contributed by atoms with Crippen molar-refractivity contribution in [2.24, 2.45) is 11.8 Å². The van der Waals surface area contributed by atoms with E-state index in [1.54, 1.807) is 49.4 Å². The highest BCUT2D eigenvalue weighted by atomic mass is 79.9. The highest BCUT2D eigenvalue weighted by molar-refractivity contribution is 9.12. The summed E-state index contributed by atoms with van der Waals surface area (Å²) in [5.74, 6) is -1.92. The van der Waals surface area contributed by atoms with Gasteiger partial charge in [-0.3, -0.25) is 19.3 Å². The van der Waals surface area contributed by atoms with Crippen molar-refractivity contribution in [3.63, 3.8) is 0 Å². The zero-order valence-electron chi connectivity index (χ0n) is 24.4. The first-order valence-electron chi connectivity index (χ1n) is 14.5. The Labute approximate surface area is 272 Å². The van der Waals surface area contributed by atoms with Crippen LogP contribution in [0, 0.1) is 25.7 Å². The second-order valence-electron chi connectivity index (χ2n) is 11.6. The number of Topliss-reactive ketones (excluding diaryl/α,β-unsaturated/α-hetero) is 1. The summed E-state index contributed by atoms with van der Waals surface area (Å²) in [5.41, 5.74) is 5.08. The fourth-order valence-electron chi connectivity index (χ4n) is 6.02. The number of ketones is 1. The molecule has 9 heteroatoms. The number of pyridine rings is 1. The molecule has 1 saturated heterocycles. The third-order valence-electron chi connectivity index (χ3n) is 8.51. The number of aromatic nitrogens is 1. The Balaban J connectivity index is 1.29. The highest BCUT2D eigenvalue weighted by Gasteiger charge is 2.52. The molecule has 0 spiro atoms. The number of imide groups is 1. The van der Waals surface area contributed by atoms with Crippen LogP contribution in [-0.4, -0.2) is 44.3 Å². The standard InChI is InChI=1S/C35H30Br2N2O5/c1-18-4-7-22(8-5-18)32(40)20(3)44-35(43)27-17-31(38-30-13-6-19(2)14-24(27)30)21-9-11-23(12-10-21)39-33(41)25-15-28(36)29(37)16-26(25)34(39)42/h4-14,17,20,25-26,28-29H,15-16H2,1-3H3. The lowest BCUT2D eigenvalue weighted by atomic mass is 9.81. The molecule has 4 aromatic rings. The van der Waals surface area contributed by atoms with Crippen molar-refractivity contribution in [2.75, 3.05) is 4.90 Å². The maximum absolute atomic E-state index is 13.5. The summed E-state index contributed by atoms with van der Waals surface area (Å²) in [6, 6.07) is 21.5. The van der Waals surface area contributed by atoms with Crippen molar-refractivity contribution in [1.29, 1.82) is 0 Å². The van der Waals surface area contributed by atoms with Crippen LogP contribution in [0.15, 0.2) is 72.8 Å². The number of aryl methyl sites for hydroxylation is 2. The van der Waals surface area contributed by atoms with Crippen LogP contribution in [0.1, 0.15) is 51.6 Å². The molecule has 2 amide bonds. The van der Waals surface area contributed by atoms with Gasteiger partial charge in [0, 0.05) is 26.2 Å². The van der Waals surface area contributed by atoms with Crippen LogP contribution in [0.5, 0.6) is 0 Å². The van der Waals surface area contributed by atoms with Crippen LogP contribution in [0.3, 0.4) is 0 Å². The summed E-state index contributed by atoms with van der Waals surface area (Å²) in [4.78, 5) is 59.4. The molecule has 2 aliphatic rings. The molecule has 2 heterocycles. The number of carbonyl (C=O) groups excluding carboxylic acids is 4. The van der Waals surface area contributed by atoms with Crippen LogP contribution in [0.2, 0.25) is 0 Å². The van der Waals surface area contributed by atoms with E-state index in [0.29, 0.717) is 51.8 Å². The van der Waals surface area contributed by atoms with Gasteiger partial charge in [-0.2, -0.15) is 0 Å². The summed E-state index contributed by atoms with van der Waals surface area (Å²) in [6.07, 6.45) is 0.225. The van der Waals surface area contributed by atoms with E-state index < -0.39 is 12.1 Å². The molecular weight excluding hydrogens is 688 g/mol. The number of fused-ring (bicyclic) bond motifs is 2. The third kappa shape index (κ3) is 5.63. The van der Waals surface area contributed by atoms with E-state index in [4.69, 9.17) is 9.72 Å². The summed E-state index contributed by atoms with van der Waals surface area (Å²) in [6.45, 7) is 5.44. The minimum atomic E-state index is -0.986. The predicted octanol–water partition coefficient (Wildman–Crippen LogP) is 7.37. The van der Waals surface area contributed by atoms with E-state index in [2.05, 4.69) is 31.9 Å². The Morgan fingerprint density at radius 1 is 0.841 bits per heavy atom. The van der Waals surface area contributed by atoms with E-state index in [1.165, 1.54) is 4.90 Å². The predicted molar refractivity (Wildman–Crippen MR) is 176 cm³/mol. The number of rotatable bonds is 6. The van der Waals surface area contributed by atoms with Crippen molar-refractivity contribution in [3.05, 3.63) is 95.1 Å². The molecular formula is C35H30Br2N2O5. The van der Waals surface area contributed by atoms with E-state index in [1.807, 2.05) is 44.2 Å². The number of nitrogens with zero attached hydrogens (tertiary/aromatic N) is 2. The number of anilines is 1. The van der Waals surface area contributed by atoms with Crippen LogP contribution < -0.4 is 4.90 Å². The molecule has 0 bridgehead atoms. The van der Waals surface area contributed by atoms with E-state index >= 15 is 0 Å². The average Bonchev–Trinajstić information content (AvgIpc) is 3.24. The van der Waals surface area contributed by atoms with Crippen molar-refractivity contribution in [3.8, 4) is 11.3 Å². The van der Waals surface area contributed by atoms with E-state index in [9.17, 15) is 19.2 Å². The number of alkyl halides is 2. The smallest absolute Gasteiger partial charge is 0.339 e. The number of halogens is 2. The van der Waals surface area contributed by atoms with Gasteiger partial charge in [-0.05, 0) is 63.9 Å². The van der Waals surface area contributed by atoms with Crippen LogP contribution in [-0.2, 0) is 14.3 Å². The van der Waals surface area contributed by atoms with Crippen LogP contribution in [0.25, 0.3) is 22.2 Å². The SMILES string of the molecule is Cc1ccc(C(=O)C(C)OC(=O)c2cc(-c3ccc(N4C(=O)C5CC(Br)C(Br)CC5C4=O)cc3)nc3ccc(C)cc23)cc1. The molecule has 7 nitrogen and oxygen atoms in total. The first kappa shape index (κ1) is 30.3. The molecule has 1 aliphatic heterocycles. The summed E-state index contributed by atoms with van der Waals surface area (Å²) < 4.78 is 5.69. The highest BCUT2D eigenvalue weighted by Crippen LogP contribution is 2.44. The monoisotopic (exact) mass is 716 g/mol. The molecule has 44 heavy (non-hydrogen) atoms. The molecule has 3 aromatic carbocycles. The molecule has 224 valence electrons. The topological polar surface area (TPSA) is 93.6 Å². The van der Waals surface area contributed by atoms with Gasteiger partial charge in [-0.15, -0.1) is 0 Å². The number of carbonyl (C=O) groups is 4. The number of amides is 2. The molecule has 2 fully saturated rings. The second kappa shape index (κ2) is 12.0. The van der Waals surface area contributed by atoms with Crippen LogP contribution in [0.4, 0.5) is 5.69 Å². The Morgan fingerprint density at radius 3 is 2.05 bits per heavy atom. The Morgan fingerprint density at radius 2 is 1.43 bits per heavy atom. The zero-order valence-corrected chi connectivity index (χ0v) is 27.6. The van der Waals surface area contributed by atoms with Gasteiger partial charge < -0.3 is 4.74 Å². The maximum Gasteiger partial charge on any atom is 0.339 e. The lowest BCUT2D eigenvalue weighted by Crippen LogP contribution is -2.34. The Hall–Kier alpha value is -3.69. The molecule has 1 saturated carbocycles. The van der Waals surface area contributed by atoms with E-state index in [-0.39, 0.29) is 39.1 Å². The Bertz CT molecular complexity index is 1780. The minimum absolute atomic E-state index is 0.134. The van der Waals surface area contributed by atoms with Crippen molar-refractivity contribution in [2.45, 2.75) is 49.4 Å². The van der Waals surface area contributed by atoms with Gasteiger partial charge in [-0.25, -0.2) is 9.78 Å². The van der Waals surface area contributed by atoms with Crippen molar-refractivity contribution in [1.82, 2.24) is 4.98 Å². The average molecular weight is 718 g/mol. The molecule has 6 rings (SSSR count). The third-order valence-corrected chi connectivity index (χ3v) is 11.2. The lowest BCUT2D eigenvalue weighted by molar-refractivity contribution is -0.122.